The van der Waals surface area contributed by atoms with Gasteiger partial charge in [0.15, 0.2) is 0 Å². The molecule has 1 N–H and O–H groups in total. The van der Waals surface area contributed by atoms with Gasteiger partial charge in [-0.15, -0.1) is 0 Å². The molecule has 1 nitrogen and oxygen atoms in total. The van der Waals surface area contributed by atoms with Crippen molar-refractivity contribution < 1.29 is 0 Å². The van der Waals surface area contributed by atoms with E-state index in [9.17, 15) is 0 Å². The van der Waals surface area contributed by atoms with Gasteiger partial charge in [-0.1, -0.05) is 39.0 Å². The van der Waals surface area contributed by atoms with Crippen molar-refractivity contribution in [2.24, 2.45) is 0 Å². The van der Waals surface area contributed by atoms with Crippen LogP contribution in [0.5, 0.6) is 0 Å². The zero-order valence-corrected chi connectivity index (χ0v) is 8.72. The molecule has 0 fully saturated rings. The minimum atomic E-state index is 0.565. The molecule has 0 amide bonds. The first kappa shape index (κ1) is 11.4. The standard InChI is InChI=1S/C11H21N/c1-5-7-11(8-6-2)9-12-10(3)4/h5,7-8,10,12H,6,9H2,1-4H3/b7-5-,11-8+. The van der Waals surface area contributed by atoms with Crippen LogP contribution in [0.3, 0.4) is 0 Å². The highest BCUT2D eigenvalue weighted by Crippen LogP contribution is 1.98. The Labute approximate surface area is 76.6 Å². The van der Waals surface area contributed by atoms with Gasteiger partial charge in [-0.3, -0.25) is 0 Å². The molecule has 1 heteroatoms. The maximum atomic E-state index is 3.40. The Kier molecular flexibility index (Phi) is 6.78. The normalized spacial score (nSPS) is 13.2. The van der Waals surface area contributed by atoms with Crippen molar-refractivity contribution in [3.05, 3.63) is 23.8 Å². The van der Waals surface area contributed by atoms with Gasteiger partial charge in [0.05, 0.1) is 0 Å². The molecule has 0 aromatic heterocycles. The SMILES string of the molecule is C/C=C\C(=C/CC)CNC(C)C. The molecule has 0 rings (SSSR count). The zero-order chi connectivity index (χ0) is 9.40. The van der Waals surface area contributed by atoms with Crippen LogP contribution in [-0.2, 0) is 0 Å². The molecule has 0 bridgehead atoms. The van der Waals surface area contributed by atoms with Crippen LogP contribution in [0.1, 0.15) is 34.1 Å². The number of hydrogen-bond acceptors (Lipinski definition) is 1. The average Bonchev–Trinajstić information content (AvgIpc) is 2.01. The second-order valence-electron chi connectivity index (χ2n) is 3.22. The number of allylic oxidation sites excluding steroid dienone is 2. The van der Waals surface area contributed by atoms with Gasteiger partial charge in [-0.25, -0.2) is 0 Å². The Morgan fingerprint density at radius 1 is 1.42 bits per heavy atom. The largest absolute Gasteiger partial charge is 0.310 e. The Hall–Kier alpha value is -0.560. The third-order valence-electron chi connectivity index (χ3n) is 1.56. The summed E-state index contributed by atoms with van der Waals surface area (Å²) in [6.07, 6.45) is 7.62. The van der Waals surface area contributed by atoms with Gasteiger partial charge >= 0.3 is 0 Å². The highest BCUT2D eigenvalue weighted by atomic mass is 14.9. The van der Waals surface area contributed by atoms with Crippen LogP contribution < -0.4 is 5.32 Å². The van der Waals surface area contributed by atoms with Gasteiger partial charge in [0.2, 0.25) is 0 Å². The molecule has 0 aliphatic carbocycles. The summed E-state index contributed by atoms with van der Waals surface area (Å²) >= 11 is 0. The lowest BCUT2D eigenvalue weighted by Gasteiger charge is -2.08. The van der Waals surface area contributed by atoms with Gasteiger partial charge in [0.25, 0.3) is 0 Å². The van der Waals surface area contributed by atoms with Gasteiger partial charge in [0.1, 0.15) is 0 Å². The first-order valence-electron chi connectivity index (χ1n) is 4.75. The van der Waals surface area contributed by atoms with Gasteiger partial charge < -0.3 is 5.32 Å². The average molecular weight is 167 g/mol. The Bertz CT molecular complexity index is 154. The minimum Gasteiger partial charge on any atom is -0.310 e. The van der Waals surface area contributed by atoms with Crippen LogP contribution in [0.15, 0.2) is 23.8 Å². The molecule has 0 aliphatic heterocycles. The van der Waals surface area contributed by atoms with Gasteiger partial charge in [0, 0.05) is 12.6 Å². The summed E-state index contributed by atoms with van der Waals surface area (Å²) in [4.78, 5) is 0. The van der Waals surface area contributed by atoms with Crippen LogP contribution in [-0.4, -0.2) is 12.6 Å². The molecule has 0 aliphatic rings. The Morgan fingerprint density at radius 3 is 2.50 bits per heavy atom. The fourth-order valence-electron chi connectivity index (χ4n) is 0.997. The molecule has 0 aromatic rings. The summed E-state index contributed by atoms with van der Waals surface area (Å²) in [5, 5.41) is 3.40. The van der Waals surface area contributed by atoms with Crippen molar-refractivity contribution in [3.8, 4) is 0 Å². The zero-order valence-electron chi connectivity index (χ0n) is 8.72. The molecule has 0 radical (unpaired) electrons. The lowest BCUT2D eigenvalue weighted by Crippen LogP contribution is -2.24. The Morgan fingerprint density at radius 2 is 2.08 bits per heavy atom. The molecule has 0 atom stereocenters. The topological polar surface area (TPSA) is 12.0 Å². The predicted molar refractivity (Wildman–Crippen MR) is 56.3 cm³/mol. The van der Waals surface area contributed by atoms with Crippen LogP contribution in [0, 0.1) is 0 Å². The van der Waals surface area contributed by atoms with Crippen molar-refractivity contribution in [1.82, 2.24) is 5.32 Å². The van der Waals surface area contributed by atoms with Gasteiger partial charge in [-0.2, -0.15) is 0 Å². The lowest BCUT2D eigenvalue weighted by molar-refractivity contribution is 0.624. The van der Waals surface area contributed by atoms with E-state index < -0.39 is 0 Å². The summed E-state index contributed by atoms with van der Waals surface area (Å²) in [6, 6.07) is 0.565. The fraction of sp³-hybridized carbons (Fsp3) is 0.636. The predicted octanol–water partition coefficient (Wildman–Crippen LogP) is 2.90. The van der Waals surface area contributed by atoms with E-state index in [2.05, 4.69) is 51.2 Å². The molecule has 0 saturated heterocycles. The summed E-state index contributed by atoms with van der Waals surface area (Å²) in [6.45, 7) is 9.53. The van der Waals surface area contributed by atoms with E-state index in [0.29, 0.717) is 6.04 Å². The fourth-order valence-corrected chi connectivity index (χ4v) is 0.997. The molecule has 0 aromatic carbocycles. The van der Waals surface area contributed by atoms with E-state index in [0.717, 1.165) is 13.0 Å². The van der Waals surface area contributed by atoms with E-state index in [1.165, 1.54) is 5.57 Å². The third kappa shape index (κ3) is 6.17. The molecule has 0 heterocycles. The van der Waals surface area contributed by atoms with Crippen molar-refractivity contribution in [1.29, 1.82) is 0 Å². The van der Waals surface area contributed by atoms with E-state index >= 15 is 0 Å². The molecule has 12 heavy (non-hydrogen) atoms. The van der Waals surface area contributed by atoms with Crippen molar-refractivity contribution >= 4 is 0 Å². The van der Waals surface area contributed by atoms with E-state index in [4.69, 9.17) is 0 Å². The molecule has 0 spiro atoms. The highest BCUT2D eigenvalue weighted by Gasteiger charge is 1.93. The molecular weight excluding hydrogens is 146 g/mol. The maximum Gasteiger partial charge on any atom is 0.0204 e. The minimum absolute atomic E-state index is 0.565. The second-order valence-corrected chi connectivity index (χ2v) is 3.22. The second kappa shape index (κ2) is 7.11. The maximum absolute atomic E-state index is 3.40. The van der Waals surface area contributed by atoms with Crippen molar-refractivity contribution in [2.75, 3.05) is 6.54 Å². The molecule has 0 unspecified atom stereocenters. The third-order valence-corrected chi connectivity index (χ3v) is 1.56. The van der Waals surface area contributed by atoms with Crippen LogP contribution in [0.2, 0.25) is 0 Å². The molecule has 0 saturated carbocycles. The van der Waals surface area contributed by atoms with Gasteiger partial charge in [-0.05, 0) is 18.9 Å². The van der Waals surface area contributed by atoms with Crippen molar-refractivity contribution in [2.45, 2.75) is 40.2 Å². The van der Waals surface area contributed by atoms with E-state index in [-0.39, 0.29) is 0 Å². The highest BCUT2D eigenvalue weighted by molar-refractivity contribution is 5.19. The summed E-state index contributed by atoms with van der Waals surface area (Å²) < 4.78 is 0. The van der Waals surface area contributed by atoms with Crippen LogP contribution >= 0.6 is 0 Å². The number of rotatable bonds is 5. The smallest absolute Gasteiger partial charge is 0.0204 e. The Balaban J connectivity index is 3.88. The first-order chi connectivity index (χ1) is 5.70. The van der Waals surface area contributed by atoms with Crippen LogP contribution in [0.25, 0.3) is 0 Å². The first-order valence-corrected chi connectivity index (χ1v) is 4.75. The summed E-state index contributed by atoms with van der Waals surface area (Å²) in [7, 11) is 0. The summed E-state index contributed by atoms with van der Waals surface area (Å²) in [5.41, 5.74) is 1.38. The quantitative estimate of drug-likeness (QED) is 0.621. The molecular formula is C11H21N. The number of hydrogen-bond donors (Lipinski definition) is 1. The number of nitrogens with one attached hydrogen (secondary N) is 1. The van der Waals surface area contributed by atoms with Crippen LogP contribution in [0.4, 0.5) is 0 Å². The van der Waals surface area contributed by atoms with E-state index in [1.807, 2.05) is 0 Å². The lowest BCUT2D eigenvalue weighted by atomic mass is 10.2. The van der Waals surface area contributed by atoms with Crippen molar-refractivity contribution in [3.63, 3.8) is 0 Å². The van der Waals surface area contributed by atoms with E-state index in [1.54, 1.807) is 0 Å². The summed E-state index contributed by atoms with van der Waals surface area (Å²) in [5.74, 6) is 0. The monoisotopic (exact) mass is 167 g/mol. The molecule has 70 valence electrons.